The molecule has 2 aromatic rings. The van der Waals surface area contributed by atoms with Crippen LogP contribution >= 0.6 is 23.2 Å². The maximum absolute atomic E-state index is 5.91. The lowest BCUT2D eigenvalue weighted by molar-refractivity contribution is 0.440. The maximum Gasteiger partial charge on any atom is 0.321 e. The Morgan fingerprint density at radius 3 is 2.50 bits per heavy atom. The third-order valence-corrected chi connectivity index (χ3v) is 3.54. The molecule has 2 N–H and O–H groups in total. The molecule has 1 heterocycles. The van der Waals surface area contributed by atoms with E-state index in [1.165, 1.54) is 0 Å². The summed E-state index contributed by atoms with van der Waals surface area (Å²) < 4.78 is 5.50. The number of halogens is 2. The van der Waals surface area contributed by atoms with Gasteiger partial charge < -0.3 is 10.5 Å². The molecule has 2 rings (SSSR count). The lowest BCUT2D eigenvalue weighted by Crippen LogP contribution is -2.21. The number of hydrogen-bond donors (Lipinski definition) is 1. The highest BCUT2D eigenvalue weighted by Crippen LogP contribution is 2.28. The van der Waals surface area contributed by atoms with Crippen molar-refractivity contribution in [2.24, 2.45) is 5.73 Å². The summed E-state index contributed by atoms with van der Waals surface area (Å²) >= 11 is 11.7. The molecule has 1 atom stereocenters. The average Bonchev–Trinajstić information content (AvgIpc) is 2.45. The van der Waals surface area contributed by atoms with Crippen molar-refractivity contribution in [2.75, 3.05) is 0 Å². The Bertz CT molecular complexity index is 575. The van der Waals surface area contributed by atoms with Crippen molar-refractivity contribution in [3.8, 4) is 11.8 Å². The molecule has 1 unspecified atom stereocenters. The fraction of sp³-hybridized carbons (Fsp3) is 0.286. The largest absolute Gasteiger partial charge is 0.424 e. The van der Waals surface area contributed by atoms with Gasteiger partial charge in [-0.3, -0.25) is 0 Å². The molecule has 0 radical (unpaired) electrons. The number of benzene rings is 1. The van der Waals surface area contributed by atoms with Gasteiger partial charge >= 0.3 is 6.01 Å². The summed E-state index contributed by atoms with van der Waals surface area (Å²) in [5.41, 5.74) is 6.87. The van der Waals surface area contributed by atoms with Crippen LogP contribution < -0.4 is 10.5 Å². The minimum atomic E-state index is 0.125. The molecule has 4 nitrogen and oxygen atoms in total. The van der Waals surface area contributed by atoms with Crippen LogP contribution in [0.5, 0.6) is 11.8 Å². The molecule has 0 aliphatic heterocycles. The molecule has 1 aromatic heterocycles. The van der Waals surface area contributed by atoms with E-state index in [-0.39, 0.29) is 12.1 Å². The van der Waals surface area contributed by atoms with Gasteiger partial charge in [-0.1, -0.05) is 30.1 Å². The molecule has 6 heteroatoms. The van der Waals surface area contributed by atoms with E-state index >= 15 is 0 Å². The lowest BCUT2D eigenvalue weighted by Gasteiger charge is -2.08. The first-order valence-corrected chi connectivity index (χ1v) is 7.03. The summed E-state index contributed by atoms with van der Waals surface area (Å²) in [6.45, 7) is 2.05. The summed E-state index contributed by atoms with van der Waals surface area (Å²) in [5.74, 6) is 0.539. The van der Waals surface area contributed by atoms with E-state index in [9.17, 15) is 0 Å². The van der Waals surface area contributed by atoms with Crippen LogP contribution in [0.4, 0.5) is 0 Å². The molecule has 0 saturated carbocycles. The monoisotopic (exact) mass is 311 g/mol. The van der Waals surface area contributed by atoms with Crippen LogP contribution in [-0.2, 0) is 6.42 Å². The van der Waals surface area contributed by atoms with Crippen molar-refractivity contribution in [1.82, 2.24) is 9.97 Å². The van der Waals surface area contributed by atoms with Crippen molar-refractivity contribution in [3.63, 3.8) is 0 Å². The van der Waals surface area contributed by atoms with E-state index in [1.54, 1.807) is 30.6 Å². The second-order valence-electron chi connectivity index (χ2n) is 4.42. The van der Waals surface area contributed by atoms with Gasteiger partial charge in [-0.05, 0) is 30.5 Å². The fourth-order valence-corrected chi connectivity index (χ4v) is 1.88. The van der Waals surface area contributed by atoms with Gasteiger partial charge in [0.25, 0.3) is 0 Å². The third kappa shape index (κ3) is 4.07. The minimum Gasteiger partial charge on any atom is -0.424 e. The van der Waals surface area contributed by atoms with Crippen LogP contribution in [0.15, 0.2) is 30.6 Å². The first-order valence-electron chi connectivity index (χ1n) is 6.28. The van der Waals surface area contributed by atoms with Gasteiger partial charge in [0.05, 0.1) is 10.0 Å². The van der Waals surface area contributed by atoms with Gasteiger partial charge in [0, 0.05) is 24.5 Å². The second kappa shape index (κ2) is 6.88. The predicted molar refractivity (Wildman–Crippen MR) is 80.5 cm³/mol. The zero-order valence-corrected chi connectivity index (χ0v) is 12.5. The molecule has 106 valence electrons. The summed E-state index contributed by atoms with van der Waals surface area (Å²) in [4.78, 5) is 8.30. The zero-order valence-electron chi connectivity index (χ0n) is 11.0. The van der Waals surface area contributed by atoms with Crippen molar-refractivity contribution in [1.29, 1.82) is 0 Å². The van der Waals surface area contributed by atoms with Crippen molar-refractivity contribution < 1.29 is 4.74 Å². The van der Waals surface area contributed by atoms with E-state index in [0.717, 1.165) is 18.4 Å². The summed E-state index contributed by atoms with van der Waals surface area (Å²) in [6.07, 6.45) is 5.11. The minimum absolute atomic E-state index is 0.125. The van der Waals surface area contributed by atoms with Gasteiger partial charge in [-0.25, -0.2) is 9.97 Å². The number of aromatic nitrogens is 2. The topological polar surface area (TPSA) is 61.0 Å². The molecular formula is C14H15Cl2N3O. The first kappa shape index (κ1) is 15.0. The van der Waals surface area contributed by atoms with Crippen LogP contribution in [0.3, 0.4) is 0 Å². The van der Waals surface area contributed by atoms with Crippen molar-refractivity contribution in [3.05, 3.63) is 46.2 Å². The Morgan fingerprint density at radius 2 is 1.90 bits per heavy atom. The summed E-state index contributed by atoms with van der Waals surface area (Å²) in [7, 11) is 0. The summed E-state index contributed by atoms with van der Waals surface area (Å²) in [6, 6.07) is 5.37. The van der Waals surface area contributed by atoms with Crippen molar-refractivity contribution >= 4 is 23.2 Å². The lowest BCUT2D eigenvalue weighted by atomic mass is 10.1. The maximum atomic E-state index is 5.91. The third-order valence-electron chi connectivity index (χ3n) is 2.80. The SMILES string of the molecule is CCC(N)Cc1cnc(Oc2ccc(Cl)c(Cl)c2)nc1. The Morgan fingerprint density at radius 1 is 1.20 bits per heavy atom. The number of rotatable bonds is 5. The summed E-state index contributed by atoms with van der Waals surface area (Å²) in [5, 5.41) is 0.901. The van der Waals surface area contributed by atoms with Gasteiger partial charge in [-0.2, -0.15) is 0 Å². The molecule has 0 aliphatic rings. The van der Waals surface area contributed by atoms with E-state index in [0.29, 0.717) is 15.8 Å². The predicted octanol–water partition coefficient (Wildman–Crippen LogP) is 3.86. The van der Waals surface area contributed by atoms with Crippen LogP contribution in [0, 0.1) is 0 Å². The number of nitrogens with zero attached hydrogens (tertiary/aromatic N) is 2. The second-order valence-corrected chi connectivity index (χ2v) is 5.24. The van der Waals surface area contributed by atoms with Gasteiger partial charge in [0.2, 0.25) is 0 Å². The Hall–Kier alpha value is -1.36. The smallest absolute Gasteiger partial charge is 0.321 e. The fourth-order valence-electron chi connectivity index (χ4n) is 1.59. The molecule has 0 bridgehead atoms. The van der Waals surface area contributed by atoms with Crippen LogP contribution in [0.2, 0.25) is 10.0 Å². The van der Waals surface area contributed by atoms with Crippen LogP contribution in [0.25, 0.3) is 0 Å². The molecule has 0 aliphatic carbocycles. The molecule has 0 fully saturated rings. The molecule has 0 saturated heterocycles. The first-order chi connectivity index (χ1) is 9.58. The molecule has 20 heavy (non-hydrogen) atoms. The zero-order chi connectivity index (χ0) is 14.5. The number of nitrogens with two attached hydrogens (primary N) is 1. The van der Waals surface area contributed by atoms with Gasteiger partial charge in [-0.15, -0.1) is 0 Å². The van der Waals surface area contributed by atoms with Crippen molar-refractivity contribution in [2.45, 2.75) is 25.8 Å². The van der Waals surface area contributed by atoms with Crippen LogP contribution in [-0.4, -0.2) is 16.0 Å². The number of ether oxygens (including phenoxy) is 1. The molecular weight excluding hydrogens is 297 g/mol. The molecule has 0 spiro atoms. The van der Waals surface area contributed by atoms with Gasteiger partial charge in [0.1, 0.15) is 5.75 Å². The van der Waals surface area contributed by atoms with E-state index in [4.69, 9.17) is 33.7 Å². The van der Waals surface area contributed by atoms with Gasteiger partial charge in [0.15, 0.2) is 0 Å². The Balaban J connectivity index is 2.04. The van der Waals surface area contributed by atoms with E-state index < -0.39 is 0 Å². The standard InChI is InChI=1S/C14H15Cl2N3O/c1-2-10(17)5-9-7-18-14(19-8-9)20-11-3-4-12(15)13(16)6-11/h3-4,6-8,10H,2,5,17H2,1H3. The Labute approximate surface area is 127 Å². The molecule has 1 aromatic carbocycles. The average molecular weight is 312 g/mol. The van der Waals surface area contributed by atoms with E-state index in [1.807, 2.05) is 6.92 Å². The normalized spacial score (nSPS) is 12.2. The highest BCUT2D eigenvalue weighted by atomic mass is 35.5. The highest BCUT2D eigenvalue weighted by molar-refractivity contribution is 6.42. The molecule has 0 amide bonds. The van der Waals surface area contributed by atoms with Crippen LogP contribution in [0.1, 0.15) is 18.9 Å². The highest BCUT2D eigenvalue weighted by Gasteiger charge is 2.06. The Kier molecular flexibility index (Phi) is 5.17. The number of hydrogen-bond acceptors (Lipinski definition) is 4. The van der Waals surface area contributed by atoms with E-state index in [2.05, 4.69) is 9.97 Å². The quantitative estimate of drug-likeness (QED) is 0.911.